The van der Waals surface area contributed by atoms with E-state index in [-0.39, 0.29) is 17.9 Å². The van der Waals surface area contributed by atoms with E-state index >= 15 is 0 Å². The van der Waals surface area contributed by atoms with Gasteiger partial charge in [-0.3, -0.25) is 0 Å². The summed E-state index contributed by atoms with van der Waals surface area (Å²) in [6.07, 6.45) is 2.16. The predicted molar refractivity (Wildman–Crippen MR) is 120 cm³/mol. The number of nitrogens with one attached hydrogen (secondary N) is 1. The Labute approximate surface area is 181 Å². The van der Waals surface area contributed by atoms with Gasteiger partial charge in [0.25, 0.3) is 0 Å². The third kappa shape index (κ3) is 4.00. The number of benzene rings is 3. The van der Waals surface area contributed by atoms with Crippen LogP contribution in [0.2, 0.25) is 0 Å². The fourth-order valence-electron chi connectivity index (χ4n) is 4.22. The SMILES string of the molecule is COc1c(-c2ccc3c(c2COc2ccccc2)C(C)=CC(C)(C)N3)ccc(F)c1F. The first-order valence-electron chi connectivity index (χ1n) is 10.1. The first-order valence-corrected chi connectivity index (χ1v) is 10.1. The Balaban J connectivity index is 1.90. The van der Waals surface area contributed by atoms with Crippen LogP contribution < -0.4 is 14.8 Å². The molecule has 0 atom stereocenters. The molecule has 1 heterocycles. The van der Waals surface area contributed by atoms with Gasteiger partial charge in [-0.05, 0) is 62.2 Å². The molecule has 1 aliphatic heterocycles. The number of halogens is 2. The lowest BCUT2D eigenvalue weighted by Crippen LogP contribution is -2.32. The molecule has 3 nitrogen and oxygen atoms in total. The van der Waals surface area contributed by atoms with Crippen molar-refractivity contribution in [1.29, 1.82) is 0 Å². The van der Waals surface area contributed by atoms with Gasteiger partial charge in [-0.1, -0.05) is 30.3 Å². The van der Waals surface area contributed by atoms with Crippen molar-refractivity contribution in [3.63, 3.8) is 0 Å². The lowest BCUT2D eigenvalue weighted by Gasteiger charge is -2.33. The molecule has 1 N–H and O–H groups in total. The van der Waals surface area contributed by atoms with Crippen LogP contribution in [-0.2, 0) is 6.61 Å². The summed E-state index contributed by atoms with van der Waals surface area (Å²) in [5.41, 5.74) is 4.96. The first-order chi connectivity index (χ1) is 14.8. The molecule has 3 aromatic carbocycles. The lowest BCUT2D eigenvalue weighted by molar-refractivity contribution is 0.306. The number of methoxy groups -OCH3 is 1. The quantitative estimate of drug-likeness (QED) is 0.490. The highest BCUT2D eigenvalue weighted by Crippen LogP contribution is 2.43. The standard InChI is InChI=1S/C26H25F2NO2/c1-16-14-26(2,3)29-22-13-11-18(19-10-12-21(27)24(28)25(19)30-4)20(23(16)22)15-31-17-8-6-5-7-9-17/h5-14,29H,15H2,1-4H3. The van der Waals surface area contributed by atoms with Crippen LogP contribution in [0.4, 0.5) is 14.5 Å². The van der Waals surface area contributed by atoms with Gasteiger partial charge in [0.15, 0.2) is 11.6 Å². The van der Waals surface area contributed by atoms with E-state index in [0.717, 1.165) is 39.8 Å². The molecule has 0 amide bonds. The second-order valence-corrected chi connectivity index (χ2v) is 8.23. The van der Waals surface area contributed by atoms with Gasteiger partial charge in [-0.2, -0.15) is 4.39 Å². The summed E-state index contributed by atoms with van der Waals surface area (Å²) in [7, 11) is 1.34. The van der Waals surface area contributed by atoms with Gasteiger partial charge >= 0.3 is 0 Å². The van der Waals surface area contributed by atoms with Crippen LogP contribution in [0.15, 0.2) is 60.7 Å². The zero-order chi connectivity index (χ0) is 22.2. The number of hydrogen-bond donors (Lipinski definition) is 1. The average molecular weight is 421 g/mol. The van der Waals surface area contributed by atoms with E-state index in [9.17, 15) is 8.78 Å². The minimum Gasteiger partial charge on any atom is -0.493 e. The zero-order valence-electron chi connectivity index (χ0n) is 18.1. The third-order valence-electron chi connectivity index (χ3n) is 5.41. The Morgan fingerprint density at radius 2 is 1.65 bits per heavy atom. The number of ether oxygens (including phenoxy) is 2. The van der Waals surface area contributed by atoms with E-state index in [1.807, 2.05) is 42.5 Å². The number of hydrogen-bond acceptors (Lipinski definition) is 3. The molecule has 0 unspecified atom stereocenters. The van der Waals surface area contributed by atoms with Crippen molar-refractivity contribution in [2.45, 2.75) is 32.9 Å². The van der Waals surface area contributed by atoms with E-state index in [0.29, 0.717) is 5.56 Å². The molecule has 0 aromatic heterocycles. The maximum Gasteiger partial charge on any atom is 0.201 e. The summed E-state index contributed by atoms with van der Waals surface area (Å²) in [6.45, 7) is 6.52. The molecule has 0 radical (unpaired) electrons. The largest absolute Gasteiger partial charge is 0.493 e. The van der Waals surface area contributed by atoms with Gasteiger partial charge in [0, 0.05) is 22.4 Å². The predicted octanol–water partition coefficient (Wildman–Crippen LogP) is 6.83. The van der Waals surface area contributed by atoms with Crippen molar-refractivity contribution >= 4 is 11.3 Å². The van der Waals surface area contributed by atoms with Crippen molar-refractivity contribution in [1.82, 2.24) is 0 Å². The average Bonchev–Trinajstić information content (AvgIpc) is 2.73. The molecular formula is C26H25F2NO2. The van der Waals surface area contributed by atoms with Gasteiger partial charge in [0.2, 0.25) is 5.82 Å². The molecule has 0 saturated carbocycles. The highest BCUT2D eigenvalue weighted by atomic mass is 19.2. The summed E-state index contributed by atoms with van der Waals surface area (Å²) < 4.78 is 39.7. The maximum atomic E-state index is 14.5. The number of fused-ring (bicyclic) bond motifs is 1. The molecule has 0 aliphatic carbocycles. The minimum atomic E-state index is -1.00. The Morgan fingerprint density at radius 1 is 0.935 bits per heavy atom. The van der Waals surface area contributed by atoms with Crippen LogP contribution in [0.5, 0.6) is 11.5 Å². The lowest BCUT2D eigenvalue weighted by atomic mass is 9.85. The van der Waals surface area contributed by atoms with E-state index in [1.165, 1.54) is 7.11 Å². The molecule has 4 rings (SSSR count). The smallest absolute Gasteiger partial charge is 0.201 e. The van der Waals surface area contributed by atoms with E-state index in [1.54, 1.807) is 6.07 Å². The fraction of sp³-hybridized carbons (Fsp3) is 0.231. The van der Waals surface area contributed by atoms with Crippen molar-refractivity contribution in [3.05, 3.63) is 83.4 Å². The van der Waals surface area contributed by atoms with Gasteiger partial charge in [-0.25, -0.2) is 4.39 Å². The molecule has 1 aliphatic rings. The van der Waals surface area contributed by atoms with Crippen LogP contribution in [0.1, 0.15) is 31.9 Å². The number of allylic oxidation sites excluding steroid dienone is 1. The highest BCUT2D eigenvalue weighted by Gasteiger charge is 2.27. The van der Waals surface area contributed by atoms with Crippen LogP contribution in [0, 0.1) is 11.6 Å². The molecule has 3 aromatic rings. The monoisotopic (exact) mass is 421 g/mol. The van der Waals surface area contributed by atoms with Crippen LogP contribution in [-0.4, -0.2) is 12.6 Å². The molecule has 5 heteroatoms. The molecule has 0 bridgehead atoms. The van der Waals surface area contributed by atoms with E-state index < -0.39 is 11.6 Å². The van der Waals surface area contributed by atoms with Gasteiger partial charge in [0.1, 0.15) is 12.4 Å². The highest BCUT2D eigenvalue weighted by molar-refractivity contribution is 5.88. The second kappa shape index (κ2) is 8.06. The van der Waals surface area contributed by atoms with Crippen molar-refractivity contribution < 1.29 is 18.3 Å². The van der Waals surface area contributed by atoms with Crippen molar-refractivity contribution in [2.24, 2.45) is 0 Å². The van der Waals surface area contributed by atoms with E-state index in [4.69, 9.17) is 9.47 Å². The van der Waals surface area contributed by atoms with Crippen molar-refractivity contribution in [3.8, 4) is 22.6 Å². The molecule has 0 spiro atoms. The number of para-hydroxylation sites is 1. The van der Waals surface area contributed by atoms with Gasteiger partial charge < -0.3 is 14.8 Å². The minimum absolute atomic E-state index is 0.119. The van der Waals surface area contributed by atoms with Crippen LogP contribution in [0.3, 0.4) is 0 Å². The number of rotatable bonds is 5. The van der Waals surface area contributed by atoms with Crippen LogP contribution >= 0.6 is 0 Å². The zero-order valence-corrected chi connectivity index (χ0v) is 18.1. The summed E-state index contributed by atoms with van der Waals surface area (Å²) in [4.78, 5) is 0. The molecular weight excluding hydrogens is 396 g/mol. The maximum absolute atomic E-state index is 14.5. The molecule has 160 valence electrons. The normalized spacial score (nSPS) is 14.3. The summed E-state index contributed by atoms with van der Waals surface area (Å²) in [5.74, 6) is -1.33. The van der Waals surface area contributed by atoms with Crippen LogP contribution in [0.25, 0.3) is 16.7 Å². The van der Waals surface area contributed by atoms with Crippen molar-refractivity contribution in [2.75, 3.05) is 12.4 Å². The van der Waals surface area contributed by atoms with Gasteiger partial charge in [0.05, 0.1) is 12.6 Å². The Morgan fingerprint density at radius 3 is 2.35 bits per heavy atom. The summed E-state index contributed by atoms with van der Waals surface area (Å²) in [5, 5.41) is 3.54. The Hall–Kier alpha value is -3.34. The molecule has 31 heavy (non-hydrogen) atoms. The number of anilines is 1. The summed E-state index contributed by atoms with van der Waals surface area (Å²) >= 11 is 0. The van der Waals surface area contributed by atoms with E-state index in [2.05, 4.69) is 32.2 Å². The summed E-state index contributed by atoms with van der Waals surface area (Å²) in [6, 6.07) is 16.1. The molecule has 0 fully saturated rings. The van der Waals surface area contributed by atoms with Gasteiger partial charge in [-0.15, -0.1) is 0 Å². The fourth-order valence-corrected chi connectivity index (χ4v) is 4.22. The Kier molecular flexibility index (Phi) is 5.44. The topological polar surface area (TPSA) is 30.5 Å². The second-order valence-electron chi connectivity index (χ2n) is 8.23. The molecule has 0 saturated heterocycles. The first kappa shape index (κ1) is 20.9. The third-order valence-corrected chi connectivity index (χ3v) is 5.41. The Bertz CT molecular complexity index is 1150.